The summed E-state index contributed by atoms with van der Waals surface area (Å²) in [4.78, 5) is 12.2. The molecule has 0 saturated carbocycles. The fourth-order valence-corrected chi connectivity index (χ4v) is 2.12. The minimum absolute atomic E-state index is 0.237. The van der Waals surface area contributed by atoms with E-state index in [1.165, 1.54) is 0 Å². The van der Waals surface area contributed by atoms with Gasteiger partial charge in [0.25, 0.3) is 0 Å². The van der Waals surface area contributed by atoms with E-state index >= 15 is 0 Å². The lowest BCUT2D eigenvalue weighted by atomic mass is 9.99. The number of unbranched alkanes of at least 4 members (excludes halogenated alkanes) is 1. The van der Waals surface area contributed by atoms with Gasteiger partial charge in [-0.05, 0) is 30.5 Å². The van der Waals surface area contributed by atoms with Crippen molar-refractivity contribution in [2.75, 3.05) is 5.73 Å². The zero-order valence-corrected chi connectivity index (χ0v) is 11.8. The van der Waals surface area contributed by atoms with Crippen LogP contribution in [0.25, 0.3) is 0 Å². The summed E-state index contributed by atoms with van der Waals surface area (Å²) < 4.78 is 27.6. The van der Waals surface area contributed by atoms with Gasteiger partial charge >= 0.3 is 0 Å². The van der Waals surface area contributed by atoms with Crippen LogP contribution in [-0.4, -0.2) is 5.78 Å². The normalized spacial score (nSPS) is 10.6. The number of rotatable bonds is 5. The Kier molecular flexibility index (Phi) is 4.68. The van der Waals surface area contributed by atoms with Gasteiger partial charge in [0, 0.05) is 5.56 Å². The highest BCUT2D eigenvalue weighted by molar-refractivity contribution is 6.09. The number of carbonyl (C=O) groups is 1. The third-order valence-corrected chi connectivity index (χ3v) is 3.38. The maximum Gasteiger partial charge on any atom is 0.199 e. The van der Waals surface area contributed by atoms with Gasteiger partial charge in [-0.1, -0.05) is 37.6 Å². The molecule has 2 aromatic rings. The molecule has 2 aromatic carbocycles. The van der Waals surface area contributed by atoms with E-state index in [0.29, 0.717) is 0 Å². The van der Waals surface area contributed by atoms with Gasteiger partial charge in [0.05, 0.1) is 11.3 Å². The van der Waals surface area contributed by atoms with Crippen molar-refractivity contribution in [3.8, 4) is 0 Å². The fraction of sp³-hybridized carbons (Fsp3) is 0.235. The molecular weight excluding hydrogens is 272 g/mol. The van der Waals surface area contributed by atoms with Crippen LogP contribution in [0.5, 0.6) is 0 Å². The zero-order valence-electron chi connectivity index (χ0n) is 11.8. The predicted molar refractivity (Wildman–Crippen MR) is 79.3 cm³/mol. The first-order valence-corrected chi connectivity index (χ1v) is 6.91. The summed E-state index contributed by atoms with van der Waals surface area (Å²) in [6.07, 6.45) is 3.07. The first-order chi connectivity index (χ1) is 10.0. The molecule has 0 aliphatic carbocycles. The van der Waals surface area contributed by atoms with Crippen LogP contribution in [0.2, 0.25) is 0 Å². The molecule has 0 atom stereocenters. The number of halogens is 2. The molecule has 21 heavy (non-hydrogen) atoms. The quantitative estimate of drug-likeness (QED) is 0.664. The number of nitrogen functional groups attached to an aromatic ring is 1. The molecule has 4 heteroatoms. The van der Waals surface area contributed by atoms with Crippen molar-refractivity contribution in [3.63, 3.8) is 0 Å². The number of ketones is 1. The Labute approximate surface area is 122 Å². The van der Waals surface area contributed by atoms with Gasteiger partial charge in [-0.25, -0.2) is 8.78 Å². The molecule has 0 radical (unpaired) electrons. The monoisotopic (exact) mass is 289 g/mol. The van der Waals surface area contributed by atoms with E-state index in [2.05, 4.69) is 6.92 Å². The van der Waals surface area contributed by atoms with Crippen molar-refractivity contribution in [2.45, 2.75) is 26.2 Å². The van der Waals surface area contributed by atoms with Gasteiger partial charge in [-0.3, -0.25) is 4.79 Å². The second-order valence-electron chi connectivity index (χ2n) is 4.96. The first kappa shape index (κ1) is 15.2. The smallest absolute Gasteiger partial charge is 0.199 e. The van der Waals surface area contributed by atoms with Gasteiger partial charge in [0.2, 0.25) is 0 Å². The summed E-state index contributed by atoms with van der Waals surface area (Å²) in [7, 11) is 0. The minimum atomic E-state index is -1.00. The lowest BCUT2D eigenvalue weighted by Crippen LogP contribution is -2.09. The summed E-state index contributed by atoms with van der Waals surface area (Å²) in [6.45, 7) is 2.10. The molecule has 0 aromatic heterocycles. The van der Waals surface area contributed by atoms with Crippen molar-refractivity contribution in [1.82, 2.24) is 0 Å². The number of aryl methyl sites for hydroxylation is 1. The van der Waals surface area contributed by atoms with E-state index in [-0.39, 0.29) is 11.3 Å². The number of hydrogen-bond acceptors (Lipinski definition) is 2. The van der Waals surface area contributed by atoms with E-state index in [1.54, 1.807) is 12.1 Å². The van der Waals surface area contributed by atoms with E-state index in [0.717, 1.165) is 37.0 Å². The Morgan fingerprint density at radius 2 is 1.76 bits per heavy atom. The van der Waals surface area contributed by atoms with Crippen molar-refractivity contribution in [3.05, 3.63) is 64.7 Å². The molecular formula is C17H17F2NO. The standard InChI is InChI=1S/C17H17F2NO/c1-2-3-4-11-5-7-12(8-6-11)17(21)15-13(18)9-10-14(20)16(15)19/h5-10H,2-4,20H2,1H3. The number of hydrogen-bond donors (Lipinski definition) is 1. The number of carbonyl (C=O) groups excluding carboxylic acids is 1. The second kappa shape index (κ2) is 6.48. The fourth-order valence-electron chi connectivity index (χ4n) is 2.12. The minimum Gasteiger partial charge on any atom is -0.396 e. The van der Waals surface area contributed by atoms with Crippen molar-refractivity contribution >= 4 is 11.5 Å². The summed E-state index contributed by atoms with van der Waals surface area (Å²) in [5.41, 5.74) is 5.90. The molecule has 0 aliphatic heterocycles. The first-order valence-electron chi connectivity index (χ1n) is 6.91. The Bertz CT molecular complexity index is 651. The highest BCUT2D eigenvalue weighted by Gasteiger charge is 2.20. The van der Waals surface area contributed by atoms with Crippen LogP contribution < -0.4 is 5.73 Å². The lowest BCUT2D eigenvalue weighted by Gasteiger charge is -2.07. The molecule has 0 fully saturated rings. The van der Waals surface area contributed by atoms with E-state index in [4.69, 9.17) is 5.73 Å². The van der Waals surface area contributed by atoms with Gasteiger partial charge in [0.1, 0.15) is 5.82 Å². The van der Waals surface area contributed by atoms with Crippen LogP contribution in [0.4, 0.5) is 14.5 Å². The molecule has 110 valence electrons. The van der Waals surface area contributed by atoms with Crippen LogP contribution in [0.3, 0.4) is 0 Å². The largest absolute Gasteiger partial charge is 0.396 e. The SMILES string of the molecule is CCCCc1ccc(C(=O)c2c(F)ccc(N)c2F)cc1. The van der Waals surface area contributed by atoms with Crippen LogP contribution in [-0.2, 0) is 6.42 Å². The molecule has 0 unspecified atom stereocenters. The summed E-state index contributed by atoms with van der Waals surface area (Å²) in [5.74, 6) is -2.60. The van der Waals surface area contributed by atoms with Crippen molar-refractivity contribution in [2.24, 2.45) is 0 Å². The summed E-state index contributed by atoms with van der Waals surface area (Å²) in [6, 6.07) is 8.91. The topological polar surface area (TPSA) is 43.1 Å². The van der Waals surface area contributed by atoms with E-state index in [1.807, 2.05) is 12.1 Å². The molecule has 0 heterocycles. The van der Waals surface area contributed by atoms with Crippen molar-refractivity contribution < 1.29 is 13.6 Å². The maximum absolute atomic E-state index is 13.9. The van der Waals surface area contributed by atoms with E-state index < -0.39 is 23.0 Å². The molecule has 0 amide bonds. The Balaban J connectivity index is 2.30. The predicted octanol–water partition coefficient (Wildman–Crippen LogP) is 4.12. The molecule has 0 spiro atoms. The Morgan fingerprint density at radius 3 is 2.38 bits per heavy atom. The molecule has 0 saturated heterocycles. The van der Waals surface area contributed by atoms with Crippen LogP contribution in [0.1, 0.15) is 41.3 Å². The molecule has 0 aliphatic rings. The summed E-state index contributed by atoms with van der Waals surface area (Å²) >= 11 is 0. The second-order valence-corrected chi connectivity index (χ2v) is 4.96. The van der Waals surface area contributed by atoms with Crippen LogP contribution in [0, 0.1) is 11.6 Å². The third kappa shape index (κ3) is 3.27. The van der Waals surface area contributed by atoms with Crippen molar-refractivity contribution in [1.29, 1.82) is 0 Å². The molecule has 0 bridgehead atoms. The van der Waals surface area contributed by atoms with Crippen LogP contribution in [0.15, 0.2) is 36.4 Å². The van der Waals surface area contributed by atoms with Gasteiger partial charge in [0.15, 0.2) is 11.6 Å². The summed E-state index contributed by atoms with van der Waals surface area (Å²) in [5, 5.41) is 0. The highest BCUT2D eigenvalue weighted by atomic mass is 19.1. The highest BCUT2D eigenvalue weighted by Crippen LogP contribution is 2.22. The Morgan fingerprint density at radius 1 is 1.10 bits per heavy atom. The molecule has 2 rings (SSSR count). The average molecular weight is 289 g/mol. The van der Waals surface area contributed by atoms with E-state index in [9.17, 15) is 13.6 Å². The Hall–Kier alpha value is -2.23. The van der Waals surface area contributed by atoms with Gasteiger partial charge < -0.3 is 5.73 Å². The number of nitrogens with two attached hydrogens (primary N) is 1. The zero-order chi connectivity index (χ0) is 15.4. The molecule has 2 nitrogen and oxygen atoms in total. The number of benzene rings is 2. The van der Waals surface area contributed by atoms with Gasteiger partial charge in [-0.15, -0.1) is 0 Å². The number of anilines is 1. The lowest BCUT2D eigenvalue weighted by molar-refractivity contribution is 0.103. The van der Waals surface area contributed by atoms with Crippen LogP contribution >= 0.6 is 0 Å². The maximum atomic E-state index is 13.9. The molecule has 2 N–H and O–H groups in total. The average Bonchev–Trinajstić information content (AvgIpc) is 2.49. The third-order valence-electron chi connectivity index (χ3n) is 3.38. The van der Waals surface area contributed by atoms with Gasteiger partial charge in [-0.2, -0.15) is 0 Å².